The number of aryl methyl sites for hydroxylation is 1. The summed E-state index contributed by atoms with van der Waals surface area (Å²) in [5, 5.41) is 14.1. The van der Waals surface area contributed by atoms with Crippen molar-refractivity contribution in [1.29, 1.82) is 0 Å². The van der Waals surface area contributed by atoms with Gasteiger partial charge in [0, 0.05) is 6.04 Å². The number of rotatable bonds is 10. The van der Waals surface area contributed by atoms with Gasteiger partial charge in [0.1, 0.15) is 11.4 Å². The highest BCUT2D eigenvalue weighted by Crippen LogP contribution is 2.37. The van der Waals surface area contributed by atoms with Crippen molar-refractivity contribution in [3.05, 3.63) is 63.7 Å². The molecule has 0 radical (unpaired) electrons. The van der Waals surface area contributed by atoms with Crippen LogP contribution in [0.25, 0.3) is 0 Å². The van der Waals surface area contributed by atoms with Crippen molar-refractivity contribution in [2.45, 2.75) is 39.2 Å². The summed E-state index contributed by atoms with van der Waals surface area (Å²) in [6.45, 7) is 5.06. The lowest BCUT2D eigenvalue weighted by Crippen LogP contribution is -2.43. The van der Waals surface area contributed by atoms with Crippen molar-refractivity contribution < 1.29 is 14.5 Å². The second-order valence-electron chi connectivity index (χ2n) is 7.85. The molecule has 0 spiro atoms. The molecule has 0 aliphatic heterocycles. The van der Waals surface area contributed by atoms with Crippen LogP contribution < -0.4 is 10.1 Å². The first-order valence-electron chi connectivity index (χ1n) is 10.3. The molecule has 1 aliphatic carbocycles. The summed E-state index contributed by atoms with van der Waals surface area (Å²) < 4.78 is 5.05. The van der Waals surface area contributed by atoms with E-state index in [9.17, 15) is 14.9 Å². The fraction of sp³-hybridized carbons (Fsp3) is 0.435. The van der Waals surface area contributed by atoms with Gasteiger partial charge in [-0.1, -0.05) is 36.8 Å². The Kier molecular flexibility index (Phi) is 7.05. The molecule has 0 heterocycles. The van der Waals surface area contributed by atoms with Crippen molar-refractivity contribution >= 4 is 17.3 Å². The Morgan fingerprint density at radius 1 is 1.27 bits per heavy atom. The molecule has 1 saturated carbocycles. The molecule has 0 unspecified atom stereocenters. The minimum atomic E-state index is -0.514. The molecule has 2 aromatic rings. The molecule has 7 nitrogen and oxygen atoms in total. The standard InChI is InChI=1S/C23H29N3O4/c1-4-25(21(18-9-10-18)13-17-7-5-16(2)6-8-17)15-23(27)24-20-12-11-19(30-3)14-22(20)26(28)29/h5-8,11-12,14,18,21H,4,9-10,13,15H2,1-3H3,(H,24,27)/t21-/m1/s1. The molecule has 1 N–H and O–H groups in total. The number of likely N-dealkylation sites (N-methyl/N-ethyl adjacent to an activating group) is 1. The maximum Gasteiger partial charge on any atom is 0.296 e. The highest BCUT2D eigenvalue weighted by atomic mass is 16.6. The topological polar surface area (TPSA) is 84.7 Å². The number of benzene rings is 2. The first-order valence-corrected chi connectivity index (χ1v) is 10.3. The number of nitro benzene ring substituents is 1. The molecule has 3 rings (SSSR count). The molecule has 7 heteroatoms. The smallest absolute Gasteiger partial charge is 0.296 e. The zero-order valence-electron chi connectivity index (χ0n) is 17.8. The van der Waals surface area contributed by atoms with Gasteiger partial charge in [-0.25, -0.2) is 0 Å². The van der Waals surface area contributed by atoms with Gasteiger partial charge in [0.05, 0.1) is 24.6 Å². The molecular formula is C23H29N3O4. The number of ether oxygens (including phenoxy) is 1. The van der Waals surface area contributed by atoms with Crippen LogP contribution in [0.2, 0.25) is 0 Å². The molecule has 1 fully saturated rings. The highest BCUT2D eigenvalue weighted by molar-refractivity contribution is 5.94. The number of hydrogen-bond donors (Lipinski definition) is 1. The van der Waals surface area contributed by atoms with Crippen LogP contribution in [0, 0.1) is 23.0 Å². The minimum absolute atomic E-state index is 0.177. The zero-order valence-corrected chi connectivity index (χ0v) is 17.8. The quantitative estimate of drug-likeness (QED) is 0.468. The fourth-order valence-corrected chi connectivity index (χ4v) is 3.77. The van der Waals surface area contributed by atoms with Gasteiger partial charge < -0.3 is 10.1 Å². The van der Waals surface area contributed by atoms with Gasteiger partial charge >= 0.3 is 0 Å². The Balaban J connectivity index is 1.70. The van der Waals surface area contributed by atoms with E-state index in [4.69, 9.17) is 4.74 Å². The summed E-state index contributed by atoms with van der Waals surface area (Å²) in [7, 11) is 1.45. The van der Waals surface area contributed by atoms with Crippen LogP contribution in [0.15, 0.2) is 42.5 Å². The van der Waals surface area contributed by atoms with Gasteiger partial charge in [-0.05, 0) is 56.3 Å². The van der Waals surface area contributed by atoms with E-state index in [0.717, 1.165) is 13.0 Å². The van der Waals surface area contributed by atoms with Crippen molar-refractivity contribution in [3.8, 4) is 5.75 Å². The van der Waals surface area contributed by atoms with Crippen LogP contribution >= 0.6 is 0 Å². The third-order valence-corrected chi connectivity index (χ3v) is 5.63. The number of anilines is 1. The van der Waals surface area contributed by atoms with Gasteiger partial charge in [-0.3, -0.25) is 19.8 Å². The zero-order chi connectivity index (χ0) is 21.7. The first kappa shape index (κ1) is 21.8. The Hall–Kier alpha value is -2.93. The summed E-state index contributed by atoms with van der Waals surface area (Å²) in [5.74, 6) is 0.718. The number of hydrogen-bond acceptors (Lipinski definition) is 5. The fourth-order valence-electron chi connectivity index (χ4n) is 3.77. The Labute approximate surface area is 177 Å². The Morgan fingerprint density at radius 2 is 1.97 bits per heavy atom. The molecule has 1 atom stereocenters. The monoisotopic (exact) mass is 411 g/mol. The van der Waals surface area contributed by atoms with E-state index in [-0.39, 0.29) is 29.9 Å². The van der Waals surface area contributed by atoms with Crippen LogP contribution in [-0.2, 0) is 11.2 Å². The second kappa shape index (κ2) is 9.71. The van der Waals surface area contributed by atoms with Crippen molar-refractivity contribution in [2.75, 3.05) is 25.5 Å². The number of carbonyl (C=O) groups is 1. The van der Waals surface area contributed by atoms with Crippen molar-refractivity contribution in [3.63, 3.8) is 0 Å². The normalized spacial score (nSPS) is 14.4. The average molecular weight is 412 g/mol. The van der Waals surface area contributed by atoms with Gasteiger partial charge in [0.25, 0.3) is 5.69 Å². The molecule has 160 valence electrons. The molecule has 1 aliphatic rings. The SMILES string of the molecule is CCN(CC(=O)Nc1ccc(OC)cc1[N+](=O)[O-])[C@H](Cc1ccc(C)cc1)C1CC1. The summed E-state index contributed by atoms with van der Waals surface area (Å²) >= 11 is 0. The van der Waals surface area contributed by atoms with Gasteiger partial charge in [-0.2, -0.15) is 0 Å². The third-order valence-electron chi connectivity index (χ3n) is 5.63. The molecule has 30 heavy (non-hydrogen) atoms. The van der Waals surface area contributed by atoms with Crippen LogP contribution in [-0.4, -0.2) is 42.0 Å². The van der Waals surface area contributed by atoms with Crippen LogP contribution in [0.3, 0.4) is 0 Å². The van der Waals surface area contributed by atoms with E-state index < -0.39 is 4.92 Å². The van der Waals surface area contributed by atoms with Crippen LogP contribution in [0.5, 0.6) is 5.75 Å². The van der Waals surface area contributed by atoms with E-state index in [1.54, 1.807) is 6.07 Å². The lowest BCUT2D eigenvalue weighted by atomic mass is 9.99. The number of methoxy groups -OCH3 is 1. The van der Waals surface area contributed by atoms with Crippen LogP contribution in [0.1, 0.15) is 30.9 Å². The predicted octanol–water partition coefficient (Wildman–Crippen LogP) is 4.19. The third kappa shape index (κ3) is 5.57. The number of nitrogens with one attached hydrogen (secondary N) is 1. The maximum absolute atomic E-state index is 12.7. The summed E-state index contributed by atoms with van der Waals surface area (Å²) in [4.78, 5) is 25.8. The van der Waals surface area contributed by atoms with Gasteiger partial charge in [0.2, 0.25) is 5.91 Å². The van der Waals surface area contributed by atoms with E-state index in [1.165, 1.54) is 43.2 Å². The summed E-state index contributed by atoms with van der Waals surface area (Å²) in [6.07, 6.45) is 3.26. The second-order valence-corrected chi connectivity index (χ2v) is 7.85. The molecule has 0 aromatic heterocycles. The lowest BCUT2D eigenvalue weighted by molar-refractivity contribution is -0.384. The molecule has 1 amide bonds. The molecular weight excluding hydrogens is 382 g/mol. The number of carbonyl (C=O) groups excluding carboxylic acids is 1. The number of nitrogens with zero attached hydrogens (tertiary/aromatic N) is 2. The lowest BCUT2D eigenvalue weighted by Gasteiger charge is -2.30. The first-order chi connectivity index (χ1) is 14.4. The minimum Gasteiger partial charge on any atom is -0.496 e. The van der Waals surface area contributed by atoms with Crippen molar-refractivity contribution in [2.24, 2.45) is 5.92 Å². The average Bonchev–Trinajstić information content (AvgIpc) is 3.57. The molecule has 0 bridgehead atoms. The van der Waals surface area contributed by atoms with E-state index in [1.807, 2.05) is 6.92 Å². The van der Waals surface area contributed by atoms with Crippen molar-refractivity contribution in [1.82, 2.24) is 4.90 Å². The van der Waals surface area contributed by atoms with Crippen LogP contribution in [0.4, 0.5) is 11.4 Å². The maximum atomic E-state index is 12.7. The van der Waals surface area contributed by atoms with Gasteiger partial charge in [0.15, 0.2) is 0 Å². The summed E-state index contributed by atoms with van der Waals surface area (Å²) in [6, 6.07) is 13.3. The largest absolute Gasteiger partial charge is 0.496 e. The highest BCUT2D eigenvalue weighted by Gasteiger charge is 2.35. The predicted molar refractivity (Wildman–Crippen MR) is 117 cm³/mol. The number of amides is 1. The Morgan fingerprint density at radius 3 is 2.53 bits per heavy atom. The van der Waals surface area contributed by atoms with E-state index in [2.05, 4.69) is 41.4 Å². The number of nitro groups is 1. The summed E-state index contributed by atoms with van der Waals surface area (Å²) in [5.41, 5.74) is 2.50. The van der Waals surface area contributed by atoms with Gasteiger partial charge in [-0.15, -0.1) is 0 Å². The van der Waals surface area contributed by atoms with E-state index in [0.29, 0.717) is 11.7 Å². The molecule has 2 aromatic carbocycles. The van der Waals surface area contributed by atoms with E-state index >= 15 is 0 Å². The Bertz CT molecular complexity index is 894. The molecule has 0 saturated heterocycles.